The highest BCUT2D eigenvalue weighted by Crippen LogP contribution is 2.26. The summed E-state index contributed by atoms with van der Waals surface area (Å²) < 4.78 is 33.2. The van der Waals surface area contributed by atoms with Gasteiger partial charge in [0.1, 0.15) is 11.5 Å². The van der Waals surface area contributed by atoms with Crippen LogP contribution in [0.25, 0.3) is 0 Å². The summed E-state index contributed by atoms with van der Waals surface area (Å²) in [5.74, 6) is 2.14. The molecule has 3 rings (SSSR count). The molecule has 1 aliphatic rings. The first kappa shape index (κ1) is 22.1. The van der Waals surface area contributed by atoms with E-state index in [9.17, 15) is 8.42 Å². The predicted molar refractivity (Wildman–Crippen MR) is 117 cm³/mol. The third kappa shape index (κ3) is 6.17. The Morgan fingerprint density at radius 2 is 1.83 bits per heavy atom. The molecule has 0 saturated carbocycles. The highest BCUT2D eigenvalue weighted by Gasteiger charge is 2.28. The average molecular weight is 419 g/mol. The molecule has 0 radical (unpaired) electrons. The average Bonchev–Trinajstić information content (AvgIpc) is 3.14. The molecule has 0 unspecified atom stereocenters. The van der Waals surface area contributed by atoms with Gasteiger partial charge in [0.2, 0.25) is 10.0 Å². The van der Waals surface area contributed by atoms with Crippen LogP contribution in [0, 0.1) is 0 Å². The molecule has 0 saturated heterocycles. The van der Waals surface area contributed by atoms with E-state index in [2.05, 4.69) is 36.9 Å². The molecule has 0 amide bonds. The number of nitrogens with zero attached hydrogens (tertiary/aromatic N) is 2. The first-order valence-electron chi connectivity index (χ1n) is 10.9. The van der Waals surface area contributed by atoms with Crippen molar-refractivity contribution in [2.24, 2.45) is 0 Å². The van der Waals surface area contributed by atoms with Gasteiger partial charge in [0, 0.05) is 25.1 Å². The second kappa shape index (κ2) is 10.4. The molecule has 1 aromatic carbocycles. The van der Waals surface area contributed by atoms with Crippen LogP contribution in [0.2, 0.25) is 0 Å². The molecule has 0 bridgehead atoms. The van der Waals surface area contributed by atoms with E-state index in [0.717, 1.165) is 62.4 Å². The van der Waals surface area contributed by atoms with Crippen LogP contribution in [0.1, 0.15) is 55.8 Å². The third-order valence-corrected chi connectivity index (χ3v) is 7.66. The summed E-state index contributed by atoms with van der Waals surface area (Å²) in [7, 11) is -3.21. The van der Waals surface area contributed by atoms with Crippen molar-refractivity contribution in [2.75, 3.05) is 25.4 Å². The molecule has 2 heterocycles. The minimum atomic E-state index is -3.21. The molecule has 160 valence electrons. The number of rotatable bonds is 11. The van der Waals surface area contributed by atoms with Crippen molar-refractivity contribution in [3.63, 3.8) is 0 Å². The second-order valence-electron chi connectivity index (χ2n) is 7.82. The number of fused-ring (bicyclic) bond motifs is 1. The number of sulfonamides is 1. The van der Waals surface area contributed by atoms with E-state index in [1.54, 1.807) is 4.31 Å². The van der Waals surface area contributed by atoms with Crippen LogP contribution in [0.5, 0.6) is 0 Å². The summed E-state index contributed by atoms with van der Waals surface area (Å²) in [4.78, 5) is 2.30. The van der Waals surface area contributed by atoms with E-state index < -0.39 is 10.0 Å². The molecule has 0 aliphatic carbocycles. The largest absolute Gasteiger partial charge is 0.464 e. The van der Waals surface area contributed by atoms with Crippen LogP contribution in [0.3, 0.4) is 0 Å². The zero-order valence-electron chi connectivity index (χ0n) is 17.8. The first-order valence-corrected chi connectivity index (χ1v) is 12.5. The summed E-state index contributed by atoms with van der Waals surface area (Å²) in [5.41, 5.74) is 2.35. The Balaban J connectivity index is 1.47. The van der Waals surface area contributed by atoms with E-state index in [1.165, 1.54) is 5.56 Å². The Morgan fingerprint density at radius 3 is 2.55 bits per heavy atom. The van der Waals surface area contributed by atoms with Crippen molar-refractivity contribution in [3.05, 3.63) is 59.0 Å². The Morgan fingerprint density at radius 1 is 1.07 bits per heavy atom. The lowest BCUT2D eigenvalue weighted by Gasteiger charge is -2.25. The molecule has 0 atom stereocenters. The molecule has 6 heteroatoms. The fourth-order valence-electron chi connectivity index (χ4n) is 3.92. The second-order valence-corrected chi connectivity index (χ2v) is 9.91. The van der Waals surface area contributed by atoms with E-state index in [-0.39, 0.29) is 5.75 Å². The van der Waals surface area contributed by atoms with Crippen LogP contribution in [0.4, 0.5) is 0 Å². The zero-order valence-corrected chi connectivity index (χ0v) is 18.6. The number of aryl methyl sites for hydroxylation is 1. The van der Waals surface area contributed by atoms with E-state index in [1.807, 2.05) is 18.2 Å². The van der Waals surface area contributed by atoms with Crippen molar-refractivity contribution < 1.29 is 12.8 Å². The zero-order chi connectivity index (χ0) is 20.7. The summed E-state index contributed by atoms with van der Waals surface area (Å²) in [6.45, 7) is 8.00. The molecule has 0 fully saturated rings. The van der Waals surface area contributed by atoms with Crippen molar-refractivity contribution >= 4 is 10.0 Å². The highest BCUT2D eigenvalue weighted by molar-refractivity contribution is 7.89. The van der Waals surface area contributed by atoms with Gasteiger partial charge in [-0.25, -0.2) is 8.42 Å². The molecule has 0 N–H and O–H groups in total. The summed E-state index contributed by atoms with van der Waals surface area (Å²) in [6.07, 6.45) is 4.36. The lowest BCUT2D eigenvalue weighted by Crippen LogP contribution is -2.37. The van der Waals surface area contributed by atoms with Crippen LogP contribution >= 0.6 is 0 Å². The number of hydrogen-bond donors (Lipinski definition) is 0. The normalized spacial score (nSPS) is 15.0. The minimum Gasteiger partial charge on any atom is -0.464 e. The lowest BCUT2D eigenvalue weighted by atomic mass is 10.1. The van der Waals surface area contributed by atoms with Crippen molar-refractivity contribution in [1.29, 1.82) is 0 Å². The molecule has 1 aliphatic heterocycles. The van der Waals surface area contributed by atoms with Gasteiger partial charge in [-0.2, -0.15) is 4.31 Å². The minimum absolute atomic E-state index is 0.237. The number of furan rings is 1. The molecule has 0 spiro atoms. The smallest absolute Gasteiger partial charge is 0.214 e. The molecule has 2 aromatic rings. The quantitative estimate of drug-likeness (QED) is 0.513. The van der Waals surface area contributed by atoms with Crippen LogP contribution in [0.15, 0.2) is 40.8 Å². The molecule has 29 heavy (non-hydrogen) atoms. The monoisotopic (exact) mass is 418 g/mol. The van der Waals surface area contributed by atoms with Gasteiger partial charge in [0.15, 0.2) is 0 Å². The Bertz CT molecular complexity index is 858. The van der Waals surface area contributed by atoms with E-state index in [4.69, 9.17) is 4.42 Å². The van der Waals surface area contributed by atoms with Gasteiger partial charge in [0.05, 0.1) is 12.3 Å². The summed E-state index contributed by atoms with van der Waals surface area (Å²) >= 11 is 0. The van der Waals surface area contributed by atoms with E-state index >= 15 is 0 Å². The standard InChI is InChI=1S/C23H34N2O3S/c1-3-24(4-2)19-22-17-21-18-25(15-14-23(21)28-22)29(26,27)16-10-6-9-13-20-11-7-5-8-12-20/h5,7-8,11-12,17H,3-4,6,9-10,13-16,18-19H2,1-2H3. The Labute approximate surface area is 175 Å². The number of hydrogen-bond acceptors (Lipinski definition) is 4. The van der Waals surface area contributed by atoms with Crippen LogP contribution < -0.4 is 0 Å². The van der Waals surface area contributed by atoms with Gasteiger partial charge < -0.3 is 4.42 Å². The van der Waals surface area contributed by atoms with Crippen molar-refractivity contribution in [1.82, 2.24) is 9.21 Å². The highest BCUT2D eigenvalue weighted by atomic mass is 32.2. The van der Waals surface area contributed by atoms with Gasteiger partial charge in [-0.1, -0.05) is 50.6 Å². The Kier molecular flexibility index (Phi) is 7.92. The summed E-state index contributed by atoms with van der Waals surface area (Å²) in [6, 6.07) is 12.4. The fourth-order valence-corrected chi connectivity index (χ4v) is 5.45. The predicted octanol–water partition coefficient (Wildman–Crippen LogP) is 4.22. The van der Waals surface area contributed by atoms with Gasteiger partial charge in [-0.3, -0.25) is 4.90 Å². The van der Waals surface area contributed by atoms with Crippen LogP contribution in [-0.4, -0.2) is 43.0 Å². The number of benzene rings is 1. The first-order chi connectivity index (χ1) is 14.0. The molecule has 5 nitrogen and oxygen atoms in total. The lowest BCUT2D eigenvalue weighted by molar-refractivity contribution is 0.263. The summed E-state index contributed by atoms with van der Waals surface area (Å²) in [5, 5.41) is 0. The van der Waals surface area contributed by atoms with E-state index in [0.29, 0.717) is 19.5 Å². The van der Waals surface area contributed by atoms with Crippen molar-refractivity contribution in [2.45, 2.75) is 59.0 Å². The molecule has 1 aromatic heterocycles. The molecular weight excluding hydrogens is 384 g/mol. The van der Waals surface area contributed by atoms with Crippen LogP contribution in [-0.2, 0) is 36.0 Å². The number of unbranched alkanes of at least 4 members (excludes halogenated alkanes) is 2. The Hall–Kier alpha value is -1.63. The van der Waals surface area contributed by atoms with Gasteiger partial charge in [0.25, 0.3) is 0 Å². The van der Waals surface area contributed by atoms with Gasteiger partial charge >= 0.3 is 0 Å². The third-order valence-electron chi connectivity index (χ3n) is 5.76. The maximum atomic E-state index is 12.8. The van der Waals surface area contributed by atoms with Crippen molar-refractivity contribution in [3.8, 4) is 0 Å². The SMILES string of the molecule is CCN(CC)Cc1cc2c(o1)CCN(S(=O)(=O)CCCCCc1ccccc1)C2. The molecular formula is C23H34N2O3S. The van der Waals surface area contributed by atoms with Gasteiger partial charge in [-0.05, 0) is 44.0 Å². The fraction of sp³-hybridized carbons (Fsp3) is 0.565. The topological polar surface area (TPSA) is 53.8 Å². The maximum absolute atomic E-state index is 12.8. The van der Waals surface area contributed by atoms with Gasteiger partial charge in [-0.15, -0.1) is 0 Å². The maximum Gasteiger partial charge on any atom is 0.214 e.